The lowest BCUT2D eigenvalue weighted by Crippen LogP contribution is -2.23. The van der Waals surface area contributed by atoms with E-state index in [1.54, 1.807) is 9.13 Å². The third-order valence-electron chi connectivity index (χ3n) is 6.15. The lowest BCUT2D eigenvalue weighted by atomic mass is 10.2. The molecule has 0 N–H and O–H groups in total. The number of hydrogen-bond acceptors (Lipinski definition) is 7. The second-order valence-electron chi connectivity index (χ2n) is 8.20. The number of hydrogen-bond donors (Lipinski definition) is 0. The first-order chi connectivity index (χ1) is 17.1. The quantitative estimate of drug-likeness (QED) is 0.333. The van der Waals surface area contributed by atoms with E-state index in [1.807, 2.05) is 71.2 Å². The Hall–Kier alpha value is -3.99. The van der Waals surface area contributed by atoms with E-state index in [4.69, 9.17) is 0 Å². The molecule has 35 heavy (non-hydrogen) atoms. The molecule has 0 atom stereocenters. The van der Waals surface area contributed by atoms with Gasteiger partial charge in [0.15, 0.2) is 5.16 Å². The molecular weight excluding hydrogens is 464 g/mol. The third kappa shape index (κ3) is 3.18. The molecule has 0 spiro atoms. The first-order valence-electron chi connectivity index (χ1n) is 11.5. The Kier molecular flexibility index (Phi) is 5.14. The van der Waals surface area contributed by atoms with Crippen molar-refractivity contribution < 1.29 is 0 Å². The molecule has 6 aromatic rings. The minimum atomic E-state index is -0.0778. The number of fused-ring (bicyclic) bond motifs is 6. The van der Waals surface area contributed by atoms with Crippen LogP contribution in [-0.4, -0.2) is 38.3 Å². The van der Waals surface area contributed by atoms with Gasteiger partial charge in [0.25, 0.3) is 11.1 Å². The summed E-state index contributed by atoms with van der Waals surface area (Å²) in [6, 6.07) is 15.0. The molecule has 0 saturated carbocycles. The van der Waals surface area contributed by atoms with E-state index in [2.05, 4.69) is 20.4 Å². The molecule has 0 amide bonds. The number of nitrogens with zero attached hydrogens (tertiary/aromatic N) is 8. The molecule has 6 rings (SSSR count). The molecular formula is C24H22N8O2S. The van der Waals surface area contributed by atoms with Crippen LogP contribution in [0.15, 0.2) is 63.3 Å². The van der Waals surface area contributed by atoms with Crippen molar-refractivity contribution in [2.24, 2.45) is 0 Å². The van der Waals surface area contributed by atoms with Crippen molar-refractivity contribution in [2.75, 3.05) is 0 Å². The number of thioether (sulfide) groups is 1. The van der Waals surface area contributed by atoms with Crippen LogP contribution in [0, 0.1) is 0 Å². The Morgan fingerprint density at radius 2 is 1.34 bits per heavy atom. The van der Waals surface area contributed by atoms with E-state index in [0.29, 0.717) is 52.2 Å². The molecule has 0 unspecified atom stereocenters. The third-order valence-corrected chi connectivity index (χ3v) is 7.07. The van der Waals surface area contributed by atoms with Crippen LogP contribution < -0.4 is 11.1 Å². The molecule has 0 aliphatic rings. The molecule has 0 saturated heterocycles. The van der Waals surface area contributed by atoms with Crippen molar-refractivity contribution in [3.8, 4) is 0 Å². The summed E-state index contributed by atoms with van der Waals surface area (Å²) < 4.78 is 7.17. The molecule has 0 bridgehead atoms. The number of rotatable bonds is 6. The molecule has 0 radical (unpaired) electrons. The second kappa shape index (κ2) is 8.35. The van der Waals surface area contributed by atoms with Crippen molar-refractivity contribution in [3.05, 3.63) is 75.1 Å². The van der Waals surface area contributed by atoms with Crippen molar-refractivity contribution in [3.63, 3.8) is 0 Å². The molecule has 4 aromatic heterocycles. The minimum absolute atomic E-state index is 0.0636. The van der Waals surface area contributed by atoms with Gasteiger partial charge in [0.1, 0.15) is 5.82 Å². The summed E-state index contributed by atoms with van der Waals surface area (Å²) in [6.45, 7) is 5.00. The average Bonchev–Trinajstić information content (AvgIpc) is 3.50. The lowest BCUT2D eigenvalue weighted by Gasteiger charge is -2.11. The minimum Gasteiger partial charge on any atom is -0.277 e. The van der Waals surface area contributed by atoms with Crippen LogP contribution in [0.2, 0.25) is 0 Å². The Balaban J connectivity index is 1.51. The summed E-state index contributed by atoms with van der Waals surface area (Å²) in [4.78, 5) is 26.0. The highest BCUT2D eigenvalue weighted by Crippen LogP contribution is 2.25. The van der Waals surface area contributed by atoms with E-state index >= 15 is 0 Å². The predicted octanol–water partition coefficient (Wildman–Crippen LogP) is 3.12. The Morgan fingerprint density at radius 3 is 2.03 bits per heavy atom. The van der Waals surface area contributed by atoms with E-state index in [1.165, 1.54) is 11.8 Å². The molecule has 4 heterocycles. The van der Waals surface area contributed by atoms with E-state index in [0.717, 1.165) is 17.5 Å². The van der Waals surface area contributed by atoms with E-state index in [9.17, 15) is 9.59 Å². The summed E-state index contributed by atoms with van der Waals surface area (Å²) in [5.74, 6) is 2.19. The summed E-state index contributed by atoms with van der Waals surface area (Å²) in [5, 5.41) is 19.4. The zero-order valence-electron chi connectivity index (χ0n) is 19.2. The van der Waals surface area contributed by atoms with Crippen LogP contribution in [0.3, 0.4) is 0 Å². The van der Waals surface area contributed by atoms with Crippen molar-refractivity contribution in [2.45, 2.75) is 44.3 Å². The zero-order valence-corrected chi connectivity index (χ0v) is 20.1. The summed E-state index contributed by atoms with van der Waals surface area (Å²) in [5.41, 5.74) is 1.40. The average molecular weight is 487 g/mol. The van der Waals surface area contributed by atoms with Gasteiger partial charge in [-0.2, -0.15) is 0 Å². The van der Waals surface area contributed by atoms with Crippen molar-refractivity contribution in [1.29, 1.82) is 0 Å². The van der Waals surface area contributed by atoms with Crippen LogP contribution >= 0.6 is 11.8 Å². The molecule has 2 aromatic carbocycles. The smallest absolute Gasteiger partial charge is 0.262 e. The Labute approximate surface area is 202 Å². The SMILES string of the molecule is CCCn1c(=O)c2ccccc2n2c(SCc3nnc4n(CC)c(=O)c5ccccc5n34)nnc12. The molecule has 0 aliphatic heterocycles. The maximum atomic E-state index is 13.1. The van der Waals surface area contributed by atoms with Gasteiger partial charge < -0.3 is 0 Å². The first kappa shape index (κ1) is 21.5. The molecule has 0 aliphatic carbocycles. The van der Waals surface area contributed by atoms with Gasteiger partial charge >= 0.3 is 0 Å². The highest BCUT2D eigenvalue weighted by Gasteiger charge is 2.19. The van der Waals surface area contributed by atoms with Crippen LogP contribution in [0.1, 0.15) is 26.1 Å². The van der Waals surface area contributed by atoms with Gasteiger partial charge in [-0.15, -0.1) is 20.4 Å². The fourth-order valence-corrected chi connectivity index (χ4v) is 5.43. The standard InChI is InChI=1S/C24H22N8O2S/c1-3-13-30-21(34)16-10-6-8-12-18(16)32-23(30)27-28-24(32)35-14-19-25-26-22-29(4-2)20(33)15-9-5-7-11-17(15)31(19)22/h5-12H,3-4,13-14H2,1-2H3. The maximum Gasteiger partial charge on any atom is 0.262 e. The largest absolute Gasteiger partial charge is 0.277 e. The lowest BCUT2D eigenvalue weighted by molar-refractivity contribution is 0.662. The van der Waals surface area contributed by atoms with Gasteiger partial charge in [-0.3, -0.25) is 27.5 Å². The molecule has 0 fully saturated rings. The fourth-order valence-electron chi connectivity index (χ4n) is 4.57. The monoisotopic (exact) mass is 486 g/mol. The van der Waals surface area contributed by atoms with Crippen molar-refractivity contribution >= 4 is 45.1 Å². The summed E-state index contributed by atoms with van der Waals surface area (Å²) in [7, 11) is 0. The Bertz CT molecular complexity index is 1860. The van der Waals surface area contributed by atoms with Gasteiger partial charge in [-0.25, -0.2) is 0 Å². The normalized spacial score (nSPS) is 11.9. The van der Waals surface area contributed by atoms with Crippen LogP contribution in [-0.2, 0) is 18.8 Å². The van der Waals surface area contributed by atoms with E-state index in [-0.39, 0.29) is 11.1 Å². The predicted molar refractivity (Wildman–Crippen MR) is 135 cm³/mol. The van der Waals surface area contributed by atoms with Crippen LogP contribution in [0.4, 0.5) is 0 Å². The fraction of sp³-hybridized carbons (Fsp3) is 0.250. The molecule has 10 nitrogen and oxygen atoms in total. The highest BCUT2D eigenvalue weighted by atomic mass is 32.2. The maximum absolute atomic E-state index is 13.1. The Morgan fingerprint density at radius 1 is 0.743 bits per heavy atom. The number of aryl methyl sites for hydroxylation is 2. The molecule has 176 valence electrons. The summed E-state index contributed by atoms with van der Waals surface area (Å²) in [6.07, 6.45) is 0.807. The van der Waals surface area contributed by atoms with Gasteiger partial charge in [0.05, 0.1) is 27.6 Å². The van der Waals surface area contributed by atoms with Crippen LogP contribution in [0.25, 0.3) is 33.4 Å². The highest BCUT2D eigenvalue weighted by molar-refractivity contribution is 7.98. The number of para-hydroxylation sites is 2. The zero-order chi connectivity index (χ0) is 24.1. The second-order valence-corrected chi connectivity index (χ2v) is 9.14. The first-order valence-corrected chi connectivity index (χ1v) is 12.5. The van der Waals surface area contributed by atoms with Gasteiger partial charge in [0, 0.05) is 13.1 Å². The van der Waals surface area contributed by atoms with Crippen molar-refractivity contribution in [1.82, 2.24) is 38.3 Å². The topological polar surface area (TPSA) is 104 Å². The number of aromatic nitrogens is 8. The summed E-state index contributed by atoms with van der Waals surface area (Å²) >= 11 is 1.47. The van der Waals surface area contributed by atoms with Crippen LogP contribution in [0.5, 0.6) is 0 Å². The number of benzene rings is 2. The van der Waals surface area contributed by atoms with Gasteiger partial charge in [-0.05, 0) is 37.6 Å². The van der Waals surface area contributed by atoms with Gasteiger partial charge in [-0.1, -0.05) is 43.0 Å². The van der Waals surface area contributed by atoms with Gasteiger partial charge in [0.2, 0.25) is 11.6 Å². The van der Waals surface area contributed by atoms with E-state index < -0.39 is 0 Å². The molecule has 11 heteroatoms.